The number of phosphoric ester groups is 1. The van der Waals surface area contributed by atoms with Crippen LogP contribution in [0.25, 0.3) is 5.65 Å². The number of carboxylic acid groups (broad SMARTS) is 1. The predicted molar refractivity (Wildman–Crippen MR) is 252 cm³/mol. The molecule has 0 spiro atoms. The minimum atomic E-state index is -4.75. The van der Waals surface area contributed by atoms with E-state index in [1.807, 2.05) is 36.1 Å². The molecular formula is C47H48ClN10O9P. The van der Waals surface area contributed by atoms with Crippen LogP contribution in [-0.2, 0) is 47.4 Å². The number of methoxy groups -OCH3 is 2. The number of amides is 1. The number of rotatable bonds is 19. The van der Waals surface area contributed by atoms with Crippen LogP contribution < -0.4 is 25.2 Å². The molecule has 21 heteroatoms. The zero-order valence-electron chi connectivity index (χ0n) is 37.5. The summed E-state index contributed by atoms with van der Waals surface area (Å²) in [6, 6.07) is 31.6. The number of fused-ring (bicyclic) bond motifs is 1. The van der Waals surface area contributed by atoms with Gasteiger partial charge < -0.3 is 35.0 Å². The van der Waals surface area contributed by atoms with Crippen molar-refractivity contribution in [2.75, 3.05) is 49.0 Å². The van der Waals surface area contributed by atoms with Gasteiger partial charge in [-0.1, -0.05) is 84.4 Å². The number of alkyl carbamates (subject to hydrolysis) is 1. The molecule has 3 unspecified atom stereocenters. The van der Waals surface area contributed by atoms with Crippen LogP contribution in [0.1, 0.15) is 48.2 Å². The Hall–Kier alpha value is -7.25. The number of aliphatic carboxylic acids is 1. The van der Waals surface area contributed by atoms with E-state index >= 15 is 0 Å². The van der Waals surface area contributed by atoms with E-state index in [2.05, 4.69) is 32.9 Å². The number of hydrogen-bond acceptors (Lipinski definition) is 16. The van der Waals surface area contributed by atoms with Crippen molar-refractivity contribution < 1.29 is 42.3 Å². The van der Waals surface area contributed by atoms with Crippen LogP contribution in [0.4, 0.5) is 27.9 Å². The number of nitrogens with one attached hydrogen (secondary N) is 2. The van der Waals surface area contributed by atoms with Gasteiger partial charge in [-0.3, -0.25) is 13.6 Å². The van der Waals surface area contributed by atoms with Gasteiger partial charge in [0.05, 0.1) is 61.7 Å². The van der Waals surface area contributed by atoms with Gasteiger partial charge in [-0.25, -0.2) is 19.1 Å². The van der Waals surface area contributed by atoms with E-state index in [1.54, 1.807) is 78.7 Å². The molecule has 0 radical (unpaired) electrons. The number of aromatic nitrogens is 4. The molecule has 0 saturated carbocycles. The van der Waals surface area contributed by atoms with Gasteiger partial charge in [-0.15, -0.1) is 5.10 Å². The fourth-order valence-electron chi connectivity index (χ4n) is 7.77. The first-order chi connectivity index (χ1) is 32.8. The number of piperidine rings is 1. The quantitative estimate of drug-likeness (QED) is 0.0648. The van der Waals surface area contributed by atoms with Gasteiger partial charge in [0.25, 0.3) is 0 Å². The van der Waals surface area contributed by atoms with Gasteiger partial charge >= 0.3 is 19.9 Å². The summed E-state index contributed by atoms with van der Waals surface area (Å²) in [7, 11) is -1.98. The lowest BCUT2D eigenvalue weighted by atomic mass is 9.79. The lowest BCUT2D eigenvalue weighted by molar-refractivity contribution is -0.163. The van der Waals surface area contributed by atoms with Crippen molar-refractivity contribution in [3.8, 4) is 17.9 Å². The average Bonchev–Trinajstić information content (AvgIpc) is 3.78. The first kappa shape index (κ1) is 48.7. The normalized spacial score (nSPS) is 15.7. The summed E-state index contributed by atoms with van der Waals surface area (Å²) in [6.07, 6.45) is 0.678. The first-order valence-corrected chi connectivity index (χ1v) is 23.2. The van der Waals surface area contributed by atoms with Crippen molar-refractivity contribution in [1.29, 1.82) is 10.5 Å². The molecule has 2 aromatic heterocycles. The second-order valence-corrected chi connectivity index (χ2v) is 17.7. The van der Waals surface area contributed by atoms with E-state index in [1.165, 1.54) is 30.8 Å². The van der Waals surface area contributed by atoms with Crippen molar-refractivity contribution in [3.63, 3.8) is 0 Å². The number of carbonyl (C=O) groups is 2. The van der Waals surface area contributed by atoms with Crippen molar-refractivity contribution in [1.82, 2.24) is 24.9 Å². The zero-order valence-corrected chi connectivity index (χ0v) is 39.2. The number of halogens is 1. The van der Waals surface area contributed by atoms with Crippen LogP contribution in [0.5, 0.6) is 5.75 Å². The highest BCUT2D eigenvalue weighted by molar-refractivity contribution is 7.48. The molecule has 3 N–H and O–H groups in total. The molecule has 1 fully saturated rings. The van der Waals surface area contributed by atoms with Crippen LogP contribution in [0.15, 0.2) is 103 Å². The lowest BCUT2D eigenvalue weighted by Gasteiger charge is -2.46. The molecule has 0 bridgehead atoms. The van der Waals surface area contributed by atoms with Gasteiger partial charge in [0, 0.05) is 38.1 Å². The van der Waals surface area contributed by atoms with Crippen molar-refractivity contribution in [3.05, 3.63) is 136 Å². The van der Waals surface area contributed by atoms with E-state index in [-0.39, 0.29) is 60.6 Å². The Bertz CT molecular complexity index is 2830. The zero-order chi connectivity index (χ0) is 48.4. The Balaban J connectivity index is 1.24. The molecule has 352 valence electrons. The van der Waals surface area contributed by atoms with Crippen LogP contribution in [-0.4, -0.2) is 82.2 Å². The summed E-state index contributed by atoms with van der Waals surface area (Å²) < 4.78 is 44.3. The van der Waals surface area contributed by atoms with Crippen LogP contribution in [0, 0.1) is 28.6 Å². The number of ether oxygens (including phenoxy) is 2. The number of phosphoric acid groups is 1. The first-order valence-electron chi connectivity index (χ1n) is 21.3. The monoisotopic (exact) mass is 962 g/mol. The Morgan fingerprint density at radius 3 is 2.21 bits per heavy atom. The number of carbonyl (C=O) groups excluding carboxylic acids is 1. The van der Waals surface area contributed by atoms with Gasteiger partial charge in [-0.05, 0) is 61.2 Å². The summed E-state index contributed by atoms with van der Waals surface area (Å²) in [5.41, 5.74) is 0.985. The third-order valence-corrected chi connectivity index (χ3v) is 13.3. The highest BCUT2D eigenvalue weighted by atomic mass is 35.5. The fraction of sp³-hybridized carbons (Fsp3) is 0.298. The smallest absolute Gasteiger partial charge is 0.476 e. The number of imidazole rings is 1. The van der Waals surface area contributed by atoms with Crippen LogP contribution >= 0.6 is 19.4 Å². The maximum atomic E-state index is 14.8. The second kappa shape index (κ2) is 21.6. The standard InChI is InChI=1S/C47H48ClN10O9P/c1-5-56(27-31-16-18-36(63-3)19-17-31)43-42-51-26-35(25-50)58(42)55-45(54-43)52-39-22-34(24-49)23-40(41(39)48)57-21-20-38(53-46(61)64-4)37(28-57)47(2,44(59)60)67-68(62,65-29-32-12-8-6-9-13-32)66-30-33-14-10-7-11-15-33/h6-19,22-23,26,37-38H,5,20-21,27-30H2,1-4H3,(H,52,55)(H,53,61)(H,59,60). The fourth-order valence-corrected chi connectivity index (χ4v) is 9.51. The largest absolute Gasteiger partial charge is 0.497 e. The molecule has 3 heterocycles. The molecule has 4 aromatic carbocycles. The third-order valence-electron chi connectivity index (χ3n) is 11.4. The molecule has 6 aromatic rings. The van der Waals surface area contributed by atoms with Crippen molar-refractivity contribution in [2.45, 2.75) is 51.7 Å². The molecule has 1 aliphatic rings. The van der Waals surface area contributed by atoms with Gasteiger partial charge in [-0.2, -0.15) is 20.0 Å². The molecule has 3 atom stereocenters. The topological polar surface area (TPSA) is 239 Å². The van der Waals surface area contributed by atoms with Gasteiger partial charge in [0.2, 0.25) is 5.95 Å². The minimum absolute atomic E-state index is 0.0191. The average molecular weight is 963 g/mol. The summed E-state index contributed by atoms with van der Waals surface area (Å²) in [4.78, 5) is 39.4. The highest BCUT2D eigenvalue weighted by Gasteiger charge is 2.54. The maximum Gasteiger partial charge on any atom is 0.476 e. The van der Waals surface area contributed by atoms with E-state index in [9.17, 15) is 29.8 Å². The molecule has 68 heavy (non-hydrogen) atoms. The molecule has 1 saturated heterocycles. The molecule has 1 amide bonds. The summed E-state index contributed by atoms with van der Waals surface area (Å²) in [5.74, 6) is -1.59. The lowest BCUT2D eigenvalue weighted by Crippen LogP contribution is -2.61. The summed E-state index contributed by atoms with van der Waals surface area (Å²) in [6.45, 7) is 3.64. The number of hydrogen-bond donors (Lipinski definition) is 3. The SMILES string of the molecule is CCN(Cc1ccc(OC)cc1)c1nc(Nc2cc(C#N)cc(N3CCC(NC(=O)OC)C(C(C)(OP(=O)(OCc4ccccc4)OCc4ccccc4)C(=O)O)C3)c2Cl)nn2c(C#N)cnc12. The van der Waals surface area contributed by atoms with E-state index < -0.39 is 37.4 Å². The summed E-state index contributed by atoms with van der Waals surface area (Å²) >= 11 is 7.23. The Morgan fingerprint density at radius 1 is 0.971 bits per heavy atom. The van der Waals surface area contributed by atoms with Crippen molar-refractivity contribution >= 4 is 60.3 Å². The van der Waals surface area contributed by atoms with E-state index in [0.717, 1.165) is 5.56 Å². The molecule has 7 rings (SSSR count). The number of nitriles is 2. The maximum absolute atomic E-state index is 14.8. The molecule has 0 aliphatic carbocycles. The Labute approximate surface area is 397 Å². The van der Waals surface area contributed by atoms with Gasteiger partial charge in [0.15, 0.2) is 22.8 Å². The summed E-state index contributed by atoms with van der Waals surface area (Å²) in [5, 5.41) is 41.9. The molecular weight excluding hydrogens is 915 g/mol. The number of carboxylic acids is 1. The Kier molecular flexibility index (Phi) is 15.5. The predicted octanol–water partition coefficient (Wildman–Crippen LogP) is 8.25. The van der Waals surface area contributed by atoms with E-state index in [0.29, 0.717) is 47.1 Å². The molecule has 19 nitrogen and oxygen atoms in total. The highest BCUT2D eigenvalue weighted by Crippen LogP contribution is 2.56. The molecule has 1 aliphatic heterocycles. The second-order valence-electron chi connectivity index (χ2n) is 15.8. The number of benzene rings is 4. The third kappa shape index (κ3) is 11.1. The van der Waals surface area contributed by atoms with Gasteiger partial charge in [0.1, 0.15) is 11.8 Å². The number of nitrogens with zero attached hydrogens (tertiary/aromatic N) is 8. The van der Waals surface area contributed by atoms with Crippen molar-refractivity contribution in [2.24, 2.45) is 5.92 Å². The number of anilines is 4. The Morgan fingerprint density at radius 2 is 1.63 bits per heavy atom. The van der Waals surface area contributed by atoms with Crippen LogP contribution in [0.3, 0.4) is 0 Å². The van der Waals surface area contributed by atoms with E-state index in [4.69, 9.17) is 39.6 Å². The van der Waals surface area contributed by atoms with Crippen LogP contribution in [0.2, 0.25) is 5.02 Å². The minimum Gasteiger partial charge on any atom is -0.497 e.